The van der Waals surface area contributed by atoms with E-state index in [1.54, 1.807) is 6.07 Å². The number of fused-ring (bicyclic) bond motifs is 3. The van der Waals surface area contributed by atoms with Crippen molar-refractivity contribution in [3.63, 3.8) is 0 Å². The molecule has 1 amide bonds. The lowest BCUT2D eigenvalue weighted by Gasteiger charge is -2.14. The Morgan fingerprint density at radius 2 is 1.88 bits per heavy atom. The minimum Gasteiger partial charge on any atom is -0.448 e. The summed E-state index contributed by atoms with van der Waals surface area (Å²) in [6, 6.07) is 16.8. The molecule has 6 nitrogen and oxygen atoms in total. The second kappa shape index (κ2) is 6.48. The Hall–Kier alpha value is -3.41. The zero-order chi connectivity index (χ0) is 18.1. The van der Waals surface area contributed by atoms with Gasteiger partial charge in [-0.3, -0.25) is 14.2 Å². The maximum atomic E-state index is 12.6. The van der Waals surface area contributed by atoms with Crippen LogP contribution in [0.25, 0.3) is 22.1 Å². The van der Waals surface area contributed by atoms with E-state index < -0.39 is 0 Å². The molecule has 2 heterocycles. The van der Waals surface area contributed by atoms with Crippen molar-refractivity contribution in [1.82, 2.24) is 14.9 Å². The Labute approximate surface area is 149 Å². The molecule has 2 aromatic carbocycles. The quantitative estimate of drug-likeness (QED) is 0.616. The third kappa shape index (κ3) is 2.86. The fourth-order valence-electron chi connectivity index (χ4n) is 2.99. The first-order valence-corrected chi connectivity index (χ1v) is 8.34. The molecule has 0 saturated heterocycles. The van der Waals surface area contributed by atoms with Gasteiger partial charge in [0.1, 0.15) is 17.6 Å². The second-order valence-corrected chi connectivity index (χ2v) is 6.15. The van der Waals surface area contributed by atoms with Gasteiger partial charge in [0.15, 0.2) is 0 Å². The van der Waals surface area contributed by atoms with Crippen molar-refractivity contribution in [2.75, 3.05) is 0 Å². The first-order valence-electron chi connectivity index (χ1n) is 8.34. The molecule has 0 fully saturated rings. The molecule has 0 unspecified atom stereocenters. The highest BCUT2D eigenvalue weighted by molar-refractivity contribution is 6.01. The molecule has 1 atom stereocenters. The van der Waals surface area contributed by atoms with Gasteiger partial charge in [-0.25, -0.2) is 4.98 Å². The zero-order valence-electron chi connectivity index (χ0n) is 14.2. The van der Waals surface area contributed by atoms with E-state index in [4.69, 9.17) is 4.42 Å². The van der Waals surface area contributed by atoms with Crippen LogP contribution in [-0.2, 0) is 11.3 Å². The van der Waals surface area contributed by atoms with Crippen molar-refractivity contribution in [3.8, 4) is 0 Å². The minimum absolute atomic E-state index is 0.115. The Morgan fingerprint density at radius 3 is 2.69 bits per heavy atom. The largest absolute Gasteiger partial charge is 0.448 e. The summed E-state index contributed by atoms with van der Waals surface area (Å²) in [5.41, 5.74) is 1.91. The molecule has 0 aliphatic carbocycles. The van der Waals surface area contributed by atoms with Crippen LogP contribution in [0.5, 0.6) is 0 Å². The molecule has 4 aromatic rings. The Morgan fingerprint density at radius 1 is 1.15 bits per heavy atom. The third-order valence-corrected chi connectivity index (χ3v) is 4.34. The second-order valence-electron chi connectivity index (χ2n) is 6.15. The number of carbonyl (C=O) groups excluding carboxylic acids is 1. The van der Waals surface area contributed by atoms with Crippen molar-refractivity contribution in [2.24, 2.45) is 0 Å². The molecule has 0 saturated carbocycles. The van der Waals surface area contributed by atoms with Crippen molar-refractivity contribution < 1.29 is 9.21 Å². The number of carbonyl (C=O) groups is 1. The first-order chi connectivity index (χ1) is 12.6. The number of benzene rings is 2. The molecule has 0 aliphatic heterocycles. The van der Waals surface area contributed by atoms with Gasteiger partial charge < -0.3 is 9.73 Å². The van der Waals surface area contributed by atoms with E-state index in [1.165, 1.54) is 10.9 Å². The van der Waals surface area contributed by atoms with E-state index in [0.717, 1.165) is 10.9 Å². The van der Waals surface area contributed by atoms with Gasteiger partial charge in [0.2, 0.25) is 11.5 Å². The van der Waals surface area contributed by atoms with E-state index in [9.17, 15) is 9.59 Å². The molecule has 0 bridgehead atoms. The van der Waals surface area contributed by atoms with Crippen LogP contribution in [0.1, 0.15) is 18.5 Å². The lowest BCUT2D eigenvalue weighted by molar-refractivity contribution is -0.122. The van der Waals surface area contributed by atoms with Gasteiger partial charge in [-0.1, -0.05) is 42.5 Å². The van der Waals surface area contributed by atoms with Crippen molar-refractivity contribution in [2.45, 2.75) is 19.5 Å². The molecular weight excluding hydrogens is 330 g/mol. The monoisotopic (exact) mass is 347 g/mol. The zero-order valence-corrected chi connectivity index (χ0v) is 14.2. The Kier molecular flexibility index (Phi) is 4.01. The Bertz CT molecular complexity index is 1150. The minimum atomic E-state index is -0.367. The predicted octanol–water partition coefficient (Wildman–Crippen LogP) is 3.02. The third-order valence-electron chi connectivity index (χ3n) is 4.34. The van der Waals surface area contributed by atoms with E-state index in [-0.39, 0.29) is 29.6 Å². The van der Waals surface area contributed by atoms with Crippen LogP contribution in [0.15, 0.2) is 70.1 Å². The highest BCUT2D eigenvalue weighted by atomic mass is 16.3. The summed E-state index contributed by atoms with van der Waals surface area (Å²) in [6.45, 7) is 1.78. The first kappa shape index (κ1) is 16.1. The summed E-state index contributed by atoms with van der Waals surface area (Å²) in [5, 5.41) is 3.68. The van der Waals surface area contributed by atoms with E-state index >= 15 is 0 Å². The summed E-state index contributed by atoms with van der Waals surface area (Å²) >= 11 is 0. The topological polar surface area (TPSA) is 77.1 Å². The summed E-state index contributed by atoms with van der Waals surface area (Å²) in [6.07, 6.45) is 1.39. The molecule has 0 aliphatic rings. The van der Waals surface area contributed by atoms with Crippen LogP contribution in [0.3, 0.4) is 0 Å². The molecule has 0 spiro atoms. The molecule has 130 valence electrons. The number of furan rings is 1. The van der Waals surface area contributed by atoms with Gasteiger partial charge in [-0.2, -0.15) is 0 Å². The van der Waals surface area contributed by atoms with Gasteiger partial charge >= 0.3 is 0 Å². The SMILES string of the molecule is C[C@@H](NC(=O)Cn1cnc2c(oc3ccccc32)c1=O)c1ccccc1. The van der Waals surface area contributed by atoms with E-state index in [0.29, 0.717) is 11.1 Å². The highest BCUT2D eigenvalue weighted by Crippen LogP contribution is 2.24. The molecular formula is C20H17N3O3. The van der Waals surface area contributed by atoms with Gasteiger partial charge in [-0.15, -0.1) is 0 Å². The van der Waals surface area contributed by atoms with Crippen LogP contribution in [0.2, 0.25) is 0 Å². The van der Waals surface area contributed by atoms with Crippen molar-refractivity contribution in [3.05, 3.63) is 76.8 Å². The highest BCUT2D eigenvalue weighted by Gasteiger charge is 2.15. The summed E-state index contributed by atoms with van der Waals surface area (Å²) < 4.78 is 6.89. The number of nitrogens with zero attached hydrogens (tertiary/aromatic N) is 2. The average Bonchev–Trinajstić information content (AvgIpc) is 3.04. The number of rotatable bonds is 4. The van der Waals surface area contributed by atoms with Gasteiger partial charge in [0, 0.05) is 5.39 Å². The number of hydrogen-bond acceptors (Lipinski definition) is 4. The van der Waals surface area contributed by atoms with Crippen LogP contribution < -0.4 is 10.9 Å². The Balaban J connectivity index is 1.59. The van der Waals surface area contributed by atoms with E-state index in [2.05, 4.69) is 10.3 Å². The van der Waals surface area contributed by atoms with Crippen LogP contribution in [0.4, 0.5) is 0 Å². The van der Waals surface area contributed by atoms with Gasteiger partial charge in [0.25, 0.3) is 5.56 Å². The predicted molar refractivity (Wildman–Crippen MR) is 98.8 cm³/mol. The summed E-state index contributed by atoms with van der Waals surface area (Å²) in [7, 11) is 0. The maximum absolute atomic E-state index is 12.6. The lowest BCUT2D eigenvalue weighted by atomic mass is 10.1. The van der Waals surface area contributed by atoms with E-state index in [1.807, 2.05) is 55.5 Å². The summed E-state index contributed by atoms with van der Waals surface area (Å²) in [5.74, 6) is -0.263. The molecule has 6 heteroatoms. The maximum Gasteiger partial charge on any atom is 0.297 e. The number of hydrogen-bond donors (Lipinski definition) is 1. The number of para-hydroxylation sites is 1. The lowest BCUT2D eigenvalue weighted by Crippen LogP contribution is -2.33. The smallest absolute Gasteiger partial charge is 0.297 e. The number of nitrogens with one attached hydrogen (secondary N) is 1. The molecule has 26 heavy (non-hydrogen) atoms. The van der Waals surface area contributed by atoms with Crippen molar-refractivity contribution >= 4 is 28.0 Å². The molecule has 1 N–H and O–H groups in total. The van der Waals surface area contributed by atoms with Crippen LogP contribution in [-0.4, -0.2) is 15.5 Å². The fraction of sp³-hybridized carbons (Fsp3) is 0.150. The fourth-order valence-corrected chi connectivity index (χ4v) is 2.99. The van der Waals surface area contributed by atoms with Gasteiger partial charge in [-0.05, 0) is 24.6 Å². The molecule has 4 rings (SSSR count). The van der Waals surface area contributed by atoms with Gasteiger partial charge in [0.05, 0.1) is 12.4 Å². The normalized spacial score (nSPS) is 12.3. The standard InChI is InChI=1S/C20H17N3O3/c1-13(14-7-3-2-4-8-14)22-17(24)11-23-12-21-18-15-9-5-6-10-16(15)26-19(18)20(23)25/h2-10,12-13H,11H2,1H3,(H,22,24)/t13-/m1/s1. The average molecular weight is 347 g/mol. The summed E-state index contributed by atoms with van der Waals surface area (Å²) in [4.78, 5) is 29.3. The van der Waals surface area contributed by atoms with Crippen LogP contribution in [0, 0.1) is 0 Å². The van der Waals surface area contributed by atoms with Crippen molar-refractivity contribution in [1.29, 1.82) is 0 Å². The number of aromatic nitrogens is 2. The molecule has 0 radical (unpaired) electrons. The number of amides is 1. The van der Waals surface area contributed by atoms with Crippen LogP contribution >= 0.6 is 0 Å². The molecule has 2 aromatic heterocycles.